The number of ether oxygens (including phenoxy) is 2. The van der Waals surface area contributed by atoms with E-state index < -0.39 is 0 Å². The monoisotopic (exact) mass is 437 g/mol. The first kappa shape index (κ1) is 20.6. The number of carbonyl (C=O) groups is 2. The second-order valence-corrected chi connectivity index (χ2v) is 7.67. The zero-order valence-corrected chi connectivity index (χ0v) is 17.5. The maximum atomic E-state index is 12.7. The fourth-order valence-corrected chi connectivity index (χ4v) is 3.82. The van der Waals surface area contributed by atoms with Gasteiger partial charge >= 0.3 is 0 Å². The van der Waals surface area contributed by atoms with Gasteiger partial charge in [0.15, 0.2) is 11.5 Å². The van der Waals surface area contributed by atoms with Crippen LogP contribution in [-0.2, 0) is 11.3 Å². The van der Waals surface area contributed by atoms with Crippen LogP contribution >= 0.6 is 35.0 Å². The van der Waals surface area contributed by atoms with Crippen molar-refractivity contribution in [2.75, 3.05) is 13.7 Å². The molecular weight excluding hydrogens is 421 g/mol. The molecule has 0 unspecified atom stereocenters. The summed E-state index contributed by atoms with van der Waals surface area (Å²) < 4.78 is 10.8. The van der Waals surface area contributed by atoms with Crippen molar-refractivity contribution in [3.05, 3.63) is 62.5 Å². The predicted molar refractivity (Wildman–Crippen MR) is 112 cm³/mol. The predicted octanol–water partition coefficient (Wildman–Crippen LogP) is 5.64. The molecule has 3 rings (SSSR count). The number of halogens is 2. The van der Waals surface area contributed by atoms with Gasteiger partial charge < -0.3 is 9.47 Å². The molecule has 5 nitrogen and oxygen atoms in total. The molecule has 0 bridgehead atoms. The van der Waals surface area contributed by atoms with Crippen LogP contribution in [0.4, 0.5) is 4.79 Å². The third kappa shape index (κ3) is 4.46. The molecule has 0 aliphatic carbocycles. The van der Waals surface area contributed by atoms with Gasteiger partial charge in [-0.15, -0.1) is 0 Å². The molecule has 28 heavy (non-hydrogen) atoms. The van der Waals surface area contributed by atoms with Gasteiger partial charge in [-0.1, -0.05) is 35.3 Å². The molecule has 1 aliphatic heterocycles. The van der Waals surface area contributed by atoms with E-state index in [1.807, 2.05) is 6.92 Å². The maximum Gasteiger partial charge on any atom is 0.293 e. The molecule has 0 saturated carbocycles. The van der Waals surface area contributed by atoms with Crippen LogP contribution in [0.2, 0.25) is 10.0 Å². The van der Waals surface area contributed by atoms with E-state index in [9.17, 15) is 9.59 Å². The number of benzene rings is 2. The second-order valence-electron chi connectivity index (χ2n) is 5.86. The standard InChI is InChI=1S/C20H17Cl2NO4S/c1-3-27-17-9-12(5-7-16(17)26-2)10-18-19(24)23(20(25)28-18)11-13-4-6-14(21)15(22)8-13/h4-10H,3,11H2,1-2H3/b18-10-. The molecule has 0 N–H and O–H groups in total. The zero-order chi connectivity index (χ0) is 20.3. The molecule has 0 radical (unpaired) electrons. The van der Waals surface area contributed by atoms with Gasteiger partial charge in [0, 0.05) is 0 Å². The van der Waals surface area contributed by atoms with Crippen LogP contribution in [-0.4, -0.2) is 29.8 Å². The molecule has 0 spiro atoms. The number of imide groups is 1. The molecule has 2 aromatic rings. The van der Waals surface area contributed by atoms with Crippen molar-refractivity contribution in [2.45, 2.75) is 13.5 Å². The zero-order valence-electron chi connectivity index (χ0n) is 15.2. The Balaban J connectivity index is 1.82. The maximum absolute atomic E-state index is 12.7. The lowest BCUT2D eigenvalue weighted by atomic mass is 10.1. The van der Waals surface area contributed by atoms with E-state index in [4.69, 9.17) is 32.7 Å². The van der Waals surface area contributed by atoms with Crippen molar-refractivity contribution in [1.82, 2.24) is 4.90 Å². The lowest BCUT2D eigenvalue weighted by molar-refractivity contribution is -0.123. The van der Waals surface area contributed by atoms with E-state index in [0.717, 1.165) is 22.9 Å². The second kappa shape index (κ2) is 8.90. The first-order valence-electron chi connectivity index (χ1n) is 8.43. The summed E-state index contributed by atoms with van der Waals surface area (Å²) in [6.45, 7) is 2.49. The van der Waals surface area contributed by atoms with Crippen LogP contribution in [0.15, 0.2) is 41.3 Å². The number of thioether (sulfide) groups is 1. The molecule has 1 aliphatic rings. The summed E-state index contributed by atoms with van der Waals surface area (Å²) in [6, 6.07) is 10.4. The fraction of sp³-hybridized carbons (Fsp3) is 0.200. The molecular formula is C20H17Cl2NO4S. The van der Waals surface area contributed by atoms with Gasteiger partial charge in [-0.05, 0) is 60.2 Å². The minimum atomic E-state index is -0.352. The highest BCUT2D eigenvalue weighted by Crippen LogP contribution is 2.35. The van der Waals surface area contributed by atoms with E-state index >= 15 is 0 Å². The first-order valence-corrected chi connectivity index (χ1v) is 10.00. The Bertz CT molecular complexity index is 961. The average Bonchev–Trinajstić information content (AvgIpc) is 2.93. The van der Waals surface area contributed by atoms with Crippen molar-refractivity contribution in [2.24, 2.45) is 0 Å². The Labute approximate surface area is 177 Å². The molecule has 1 saturated heterocycles. The highest BCUT2D eigenvalue weighted by Gasteiger charge is 2.35. The normalized spacial score (nSPS) is 15.4. The van der Waals surface area contributed by atoms with Gasteiger partial charge in [0.1, 0.15) is 0 Å². The summed E-state index contributed by atoms with van der Waals surface area (Å²) in [4.78, 5) is 26.6. The Kier molecular flexibility index (Phi) is 6.54. The minimum absolute atomic E-state index is 0.131. The highest BCUT2D eigenvalue weighted by atomic mass is 35.5. The van der Waals surface area contributed by atoms with Gasteiger partial charge in [0.2, 0.25) is 0 Å². The average molecular weight is 438 g/mol. The number of methoxy groups -OCH3 is 1. The number of carbonyl (C=O) groups excluding carboxylic acids is 2. The quantitative estimate of drug-likeness (QED) is 0.547. The van der Waals surface area contributed by atoms with E-state index in [2.05, 4.69) is 0 Å². The molecule has 0 aromatic heterocycles. The Morgan fingerprint density at radius 2 is 1.86 bits per heavy atom. The number of rotatable bonds is 6. The molecule has 1 heterocycles. The third-order valence-corrected chi connectivity index (χ3v) is 5.63. The topological polar surface area (TPSA) is 55.8 Å². The molecule has 1 fully saturated rings. The van der Waals surface area contributed by atoms with E-state index in [1.165, 1.54) is 4.90 Å². The Morgan fingerprint density at radius 3 is 2.54 bits per heavy atom. The summed E-state index contributed by atoms with van der Waals surface area (Å²) in [5.41, 5.74) is 1.46. The highest BCUT2D eigenvalue weighted by molar-refractivity contribution is 8.18. The van der Waals surface area contributed by atoms with Gasteiger partial charge in [0.25, 0.3) is 11.1 Å². The third-order valence-electron chi connectivity index (χ3n) is 3.98. The van der Waals surface area contributed by atoms with Crippen LogP contribution in [0.1, 0.15) is 18.1 Å². The molecule has 146 valence electrons. The van der Waals surface area contributed by atoms with Crippen LogP contribution < -0.4 is 9.47 Å². The lowest BCUT2D eigenvalue weighted by Gasteiger charge is -2.13. The van der Waals surface area contributed by atoms with Gasteiger partial charge in [-0.3, -0.25) is 14.5 Å². The fourth-order valence-electron chi connectivity index (χ4n) is 2.66. The lowest BCUT2D eigenvalue weighted by Crippen LogP contribution is -2.27. The number of amides is 2. The van der Waals surface area contributed by atoms with Crippen LogP contribution in [0.5, 0.6) is 11.5 Å². The SMILES string of the molecule is CCOc1cc(/C=C2\SC(=O)N(Cc3ccc(Cl)c(Cl)c3)C2=O)ccc1OC. The van der Waals surface area contributed by atoms with E-state index in [1.54, 1.807) is 49.6 Å². The van der Waals surface area contributed by atoms with E-state index in [0.29, 0.717) is 33.1 Å². The van der Waals surface area contributed by atoms with Crippen molar-refractivity contribution >= 4 is 52.2 Å². The number of nitrogens with zero attached hydrogens (tertiary/aromatic N) is 1. The molecule has 2 aromatic carbocycles. The summed E-state index contributed by atoms with van der Waals surface area (Å²) in [5, 5.41) is 0.466. The van der Waals surface area contributed by atoms with Crippen molar-refractivity contribution < 1.29 is 19.1 Å². The smallest absolute Gasteiger partial charge is 0.293 e. The number of hydrogen-bond acceptors (Lipinski definition) is 5. The number of hydrogen-bond donors (Lipinski definition) is 0. The minimum Gasteiger partial charge on any atom is -0.493 e. The molecule has 2 amide bonds. The van der Waals surface area contributed by atoms with Crippen molar-refractivity contribution in [1.29, 1.82) is 0 Å². The Hall–Kier alpha value is -2.15. The molecule has 0 atom stereocenters. The summed E-state index contributed by atoms with van der Waals surface area (Å²) >= 11 is 12.8. The summed E-state index contributed by atoms with van der Waals surface area (Å²) in [7, 11) is 1.56. The van der Waals surface area contributed by atoms with Crippen LogP contribution in [0, 0.1) is 0 Å². The van der Waals surface area contributed by atoms with E-state index in [-0.39, 0.29) is 17.7 Å². The van der Waals surface area contributed by atoms with Crippen LogP contribution in [0.25, 0.3) is 6.08 Å². The van der Waals surface area contributed by atoms with Gasteiger partial charge in [0.05, 0.1) is 35.2 Å². The van der Waals surface area contributed by atoms with Gasteiger partial charge in [-0.2, -0.15) is 0 Å². The Morgan fingerprint density at radius 1 is 1.07 bits per heavy atom. The van der Waals surface area contributed by atoms with Crippen LogP contribution in [0.3, 0.4) is 0 Å². The largest absolute Gasteiger partial charge is 0.493 e. The van der Waals surface area contributed by atoms with Crippen molar-refractivity contribution in [3.63, 3.8) is 0 Å². The summed E-state index contributed by atoms with van der Waals surface area (Å²) in [5.74, 6) is 0.829. The summed E-state index contributed by atoms with van der Waals surface area (Å²) in [6.07, 6.45) is 1.67. The molecule has 8 heteroatoms. The first-order chi connectivity index (χ1) is 13.4. The van der Waals surface area contributed by atoms with Crippen molar-refractivity contribution in [3.8, 4) is 11.5 Å². The van der Waals surface area contributed by atoms with Gasteiger partial charge in [-0.25, -0.2) is 0 Å².